The molecule has 0 unspecified atom stereocenters. The van der Waals surface area contributed by atoms with Crippen LogP contribution in [0.25, 0.3) is 0 Å². The van der Waals surface area contributed by atoms with Gasteiger partial charge in [0.1, 0.15) is 0 Å². The van der Waals surface area contributed by atoms with Gasteiger partial charge in [-0.25, -0.2) is 4.79 Å². The van der Waals surface area contributed by atoms with Gasteiger partial charge in [-0.05, 0) is 44.9 Å². The minimum Gasteiger partial charge on any atom is -0.462 e. The van der Waals surface area contributed by atoms with E-state index in [4.69, 9.17) is 4.74 Å². The molecule has 1 aromatic carbocycles. The molecule has 0 heterocycles. The van der Waals surface area contributed by atoms with Crippen LogP contribution in [0.1, 0.15) is 59.9 Å². The molecule has 0 saturated carbocycles. The van der Waals surface area contributed by atoms with Crippen LogP contribution in [0, 0.1) is 6.92 Å². The van der Waals surface area contributed by atoms with Crippen LogP contribution in [0.5, 0.6) is 0 Å². The minimum atomic E-state index is -0.394. The fraction of sp³-hybridized carbons (Fsp3) is 0.500. The van der Waals surface area contributed by atoms with Crippen LogP contribution in [0.3, 0.4) is 0 Å². The number of Topliss-reactive ketones (excluding diaryl/α,β-unsaturated/α-hetero) is 1. The van der Waals surface area contributed by atoms with E-state index in [9.17, 15) is 9.59 Å². The average Bonchev–Trinajstić information content (AvgIpc) is 2.39. The summed E-state index contributed by atoms with van der Waals surface area (Å²) in [6.45, 7) is 8.60. The number of rotatable bonds is 7. The number of ether oxygens (including phenoxy) is 1. The van der Waals surface area contributed by atoms with Crippen molar-refractivity contribution in [1.82, 2.24) is 0 Å². The van der Waals surface area contributed by atoms with Gasteiger partial charge in [0.15, 0.2) is 5.78 Å². The smallest absolute Gasteiger partial charge is 0.340 e. The van der Waals surface area contributed by atoms with E-state index in [-0.39, 0.29) is 5.78 Å². The maximum absolute atomic E-state index is 12.1. The van der Waals surface area contributed by atoms with Gasteiger partial charge in [-0.15, -0.1) is 0 Å². The minimum absolute atomic E-state index is 0.0681. The van der Waals surface area contributed by atoms with Gasteiger partial charge in [0.25, 0.3) is 0 Å². The highest BCUT2D eigenvalue weighted by atomic mass is 16.5. The molecule has 20 heavy (non-hydrogen) atoms. The molecule has 4 nitrogen and oxygen atoms in total. The first kappa shape index (κ1) is 16.2. The zero-order chi connectivity index (χ0) is 15.1. The predicted molar refractivity (Wildman–Crippen MR) is 80.5 cm³/mol. The van der Waals surface area contributed by atoms with E-state index in [0.29, 0.717) is 30.7 Å². The van der Waals surface area contributed by atoms with Crippen LogP contribution in [0.15, 0.2) is 12.1 Å². The molecule has 0 radical (unpaired) electrons. The van der Waals surface area contributed by atoms with Crippen molar-refractivity contribution in [2.45, 2.75) is 40.5 Å². The molecule has 0 aromatic heterocycles. The van der Waals surface area contributed by atoms with Gasteiger partial charge in [0, 0.05) is 24.2 Å². The van der Waals surface area contributed by atoms with Crippen molar-refractivity contribution >= 4 is 17.4 Å². The molecule has 1 N–H and O–H groups in total. The molecular weight excluding hydrogens is 254 g/mol. The Morgan fingerprint density at radius 3 is 2.40 bits per heavy atom. The number of hydrogen-bond donors (Lipinski definition) is 1. The summed E-state index contributed by atoms with van der Waals surface area (Å²) in [6.07, 6.45) is 1.28. The van der Waals surface area contributed by atoms with Crippen molar-refractivity contribution in [2.75, 3.05) is 18.5 Å². The quantitative estimate of drug-likeness (QED) is 0.611. The Hall–Kier alpha value is -1.84. The molecule has 0 saturated heterocycles. The number of anilines is 1. The fourth-order valence-electron chi connectivity index (χ4n) is 2.08. The maximum atomic E-state index is 12.1. The van der Waals surface area contributed by atoms with E-state index < -0.39 is 5.97 Å². The van der Waals surface area contributed by atoms with Gasteiger partial charge in [-0.3, -0.25) is 4.79 Å². The van der Waals surface area contributed by atoms with Crippen molar-refractivity contribution in [3.8, 4) is 0 Å². The van der Waals surface area contributed by atoms with Crippen LogP contribution in [0.2, 0.25) is 0 Å². The number of carbonyl (C=O) groups excluding carboxylic acids is 2. The monoisotopic (exact) mass is 277 g/mol. The van der Waals surface area contributed by atoms with Crippen molar-refractivity contribution < 1.29 is 14.3 Å². The number of benzene rings is 1. The van der Waals surface area contributed by atoms with Crippen LogP contribution >= 0.6 is 0 Å². The van der Waals surface area contributed by atoms with Gasteiger partial charge in [0.05, 0.1) is 12.2 Å². The average molecular weight is 277 g/mol. The first-order chi connectivity index (χ1) is 9.54. The van der Waals surface area contributed by atoms with E-state index in [1.54, 1.807) is 13.0 Å². The second kappa shape index (κ2) is 7.68. The Labute approximate surface area is 120 Å². The maximum Gasteiger partial charge on any atom is 0.340 e. The molecule has 1 aromatic rings. The van der Waals surface area contributed by atoms with Crippen molar-refractivity contribution in [2.24, 2.45) is 0 Å². The first-order valence-electron chi connectivity index (χ1n) is 7.13. The lowest BCUT2D eigenvalue weighted by Crippen LogP contribution is -2.13. The Kier molecular flexibility index (Phi) is 6.22. The topological polar surface area (TPSA) is 55.4 Å². The number of aryl methyl sites for hydroxylation is 1. The number of carbonyl (C=O) groups is 2. The molecule has 1 rings (SSSR count). The lowest BCUT2D eigenvalue weighted by atomic mass is 9.97. The molecule has 110 valence electrons. The standard InChI is InChI=1S/C16H23NO3/c1-5-8-15(18)12-10-13(16(19)20-7-3)14(17-6-2)9-11(12)4/h9-10,17H,5-8H2,1-4H3. The summed E-state index contributed by atoms with van der Waals surface area (Å²) in [5, 5.41) is 3.14. The second-order valence-corrected chi connectivity index (χ2v) is 4.64. The van der Waals surface area contributed by atoms with E-state index in [0.717, 1.165) is 17.7 Å². The molecular formula is C16H23NO3. The largest absolute Gasteiger partial charge is 0.462 e. The Balaban J connectivity index is 3.26. The summed E-state index contributed by atoms with van der Waals surface area (Å²) < 4.78 is 5.06. The lowest BCUT2D eigenvalue weighted by Gasteiger charge is -2.14. The summed E-state index contributed by atoms with van der Waals surface area (Å²) in [4.78, 5) is 24.1. The molecule has 0 spiro atoms. The third-order valence-corrected chi connectivity index (χ3v) is 3.00. The normalized spacial score (nSPS) is 10.2. The highest BCUT2D eigenvalue weighted by Gasteiger charge is 2.18. The Morgan fingerprint density at radius 1 is 1.15 bits per heavy atom. The van der Waals surface area contributed by atoms with E-state index in [1.165, 1.54) is 0 Å². The van der Waals surface area contributed by atoms with Gasteiger partial charge in [-0.1, -0.05) is 6.92 Å². The summed E-state index contributed by atoms with van der Waals surface area (Å²) in [7, 11) is 0. The lowest BCUT2D eigenvalue weighted by molar-refractivity contribution is 0.0527. The Morgan fingerprint density at radius 2 is 1.85 bits per heavy atom. The zero-order valence-electron chi connectivity index (χ0n) is 12.7. The van der Waals surface area contributed by atoms with E-state index in [1.807, 2.05) is 26.8 Å². The van der Waals surface area contributed by atoms with Crippen molar-refractivity contribution in [3.63, 3.8) is 0 Å². The first-order valence-corrected chi connectivity index (χ1v) is 7.13. The molecule has 0 aliphatic rings. The summed E-state index contributed by atoms with van der Waals surface area (Å²) in [5.41, 5.74) is 2.64. The number of nitrogens with one attached hydrogen (secondary N) is 1. The highest BCUT2D eigenvalue weighted by molar-refractivity contribution is 6.03. The fourth-order valence-corrected chi connectivity index (χ4v) is 2.08. The molecule has 4 heteroatoms. The molecule has 0 amide bonds. The molecule has 0 fully saturated rings. The second-order valence-electron chi connectivity index (χ2n) is 4.64. The van der Waals surface area contributed by atoms with Gasteiger partial charge in [-0.2, -0.15) is 0 Å². The van der Waals surface area contributed by atoms with Gasteiger partial charge < -0.3 is 10.1 Å². The van der Waals surface area contributed by atoms with E-state index >= 15 is 0 Å². The van der Waals surface area contributed by atoms with Crippen LogP contribution in [-0.4, -0.2) is 24.9 Å². The van der Waals surface area contributed by atoms with Gasteiger partial charge >= 0.3 is 5.97 Å². The molecule has 0 atom stereocenters. The third kappa shape index (κ3) is 3.83. The number of esters is 1. The number of ketones is 1. The summed E-state index contributed by atoms with van der Waals surface area (Å²) in [6, 6.07) is 3.50. The Bertz CT molecular complexity index is 495. The predicted octanol–water partition coefficient (Wildman–Crippen LogP) is 3.59. The SMILES string of the molecule is CCCC(=O)c1cc(C(=O)OCC)c(NCC)cc1C. The van der Waals surface area contributed by atoms with Gasteiger partial charge in [0.2, 0.25) is 0 Å². The summed E-state index contributed by atoms with van der Waals surface area (Å²) >= 11 is 0. The van der Waals surface area contributed by atoms with Crippen molar-refractivity contribution in [3.05, 3.63) is 28.8 Å². The van der Waals surface area contributed by atoms with E-state index in [2.05, 4.69) is 5.32 Å². The molecule has 0 bridgehead atoms. The van der Waals surface area contributed by atoms with Crippen LogP contribution < -0.4 is 5.32 Å². The molecule has 0 aliphatic heterocycles. The number of hydrogen-bond acceptors (Lipinski definition) is 4. The van der Waals surface area contributed by atoms with Crippen LogP contribution in [0.4, 0.5) is 5.69 Å². The van der Waals surface area contributed by atoms with Crippen molar-refractivity contribution in [1.29, 1.82) is 0 Å². The molecule has 0 aliphatic carbocycles. The third-order valence-electron chi connectivity index (χ3n) is 3.00. The highest BCUT2D eigenvalue weighted by Crippen LogP contribution is 2.23. The van der Waals surface area contributed by atoms with Crippen LogP contribution in [-0.2, 0) is 4.74 Å². The zero-order valence-corrected chi connectivity index (χ0v) is 12.7. The summed E-state index contributed by atoms with van der Waals surface area (Å²) in [5.74, 6) is -0.326.